The van der Waals surface area contributed by atoms with Crippen molar-refractivity contribution in [3.8, 4) is 17.5 Å². The lowest BCUT2D eigenvalue weighted by Crippen LogP contribution is -2.51. The average molecular weight is 712 g/mol. The van der Waals surface area contributed by atoms with Crippen LogP contribution in [0.25, 0.3) is 5.78 Å². The maximum absolute atomic E-state index is 14.1. The quantitative estimate of drug-likeness (QED) is 0.237. The van der Waals surface area contributed by atoms with E-state index in [0.717, 1.165) is 16.6 Å². The Hall–Kier alpha value is -5.71. The molecule has 18 heteroatoms. The van der Waals surface area contributed by atoms with E-state index in [4.69, 9.17) is 16.3 Å². The van der Waals surface area contributed by atoms with Gasteiger partial charge < -0.3 is 29.5 Å². The van der Waals surface area contributed by atoms with Crippen LogP contribution in [0, 0.1) is 6.92 Å². The summed E-state index contributed by atoms with van der Waals surface area (Å²) in [5.74, 6) is -1.08. The maximum atomic E-state index is 14.1. The van der Waals surface area contributed by atoms with Crippen LogP contribution in [0.2, 0.25) is 5.02 Å². The predicted octanol–water partition coefficient (Wildman–Crippen LogP) is 4.32. The largest absolute Gasteiger partial charge is 0.504 e. The van der Waals surface area contributed by atoms with Gasteiger partial charge in [0.25, 0.3) is 11.5 Å². The molecule has 0 saturated carbocycles. The first-order valence-electron chi connectivity index (χ1n) is 15.3. The first-order chi connectivity index (χ1) is 23.8. The summed E-state index contributed by atoms with van der Waals surface area (Å²) in [5.41, 5.74) is -0.796. The zero-order valence-electron chi connectivity index (χ0n) is 26.6. The van der Waals surface area contributed by atoms with E-state index >= 15 is 0 Å². The summed E-state index contributed by atoms with van der Waals surface area (Å²) >= 11 is 6.09. The van der Waals surface area contributed by atoms with Crippen LogP contribution in [0.3, 0.4) is 0 Å². The Kier molecular flexibility index (Phi) is 9.33. The van der Waals surface area contributed by atoms with Crippen molar-refractivity contribution >= 4 is 40.6 Å². The Morgan fingerprint density at radius 1 is 1.06 bits per heavy atom. The van der Waals surface area contributed by atoms with E-state index < -0.39 is 35.7 Å². The number of rotatable bonds is 8. The van der Waals surface area contributed by atoms with Crippen LogP contribution in [0.4, 0.5) is 24.5 Å². The number of fused-ring (bicyclic) bond motifs is 1. The molecule has 3 aromatic heterocycles. The van der Waals surface area contributed by atoms with E-state index in [2.05, 4.69) is 25.4 Å². The number of hydrogen-bond acceptors (Lipinski definition) is 10. The number of para-hydroxylation sites is 1. The number of amides is 2. The van der Waals surface area contributed by atoms with Gasteiger partial charge in [-0.15, -0.1) is 5.10 Å². The highest BCUT2D eigenvalue weighted by Crippen LogP contribution is 2.34. The number of alkyl halides is 3. The molecular weight excluding hydrogens is 683 g/mol. The van der Waals surface area contributed by atoms with Crippen LogP contribution in [-0.2, 0) is 23.9 Å². The summed E-state index contributed by atoms with van der Waals surface area (Å²) in [5, 5.41) is 16.9. The second-order valence-corrected chi connectivity index (χ2v) is 11.6. The fourth-order valence-corrected chi connectivity index (χ4v) is 5.81. The molecule has 4 heterocycles. The van der Waals surface area contributed by atoms with E-state index in [1.807, 2.05) is 0 Å². The van der Waals surface area contributed by atoms with Crippen molar-refractivity contribution in [2.45, 2.75) is 33.0 Å². The number of piperazine rings is 1. The minimum absolute atomic E-state index is 0.0152. The zero-order valence-corrected chi connectivity index (χ0v) is 27.4. The van der Waals surface area contributed by atoms with Gasteiger partial charge in [0.15, 0.2) is 11.4 Å². The number of nitrogens with zero attached hydrogens (tertiary/aromatic N) is 8. The Morgan fingerprint density at radius 3 is 2.44 bits per heavy atom. The van der Waals surface area contributed by atoms with Crippen molar-refractivity contribution in [3.63, 3.8) is 0 Å². The number of aromatic hydroxyl groups is 1. The van der Waals surface area contributed by atoms with Crippen LogP contribution in [0.5, 0.6) is 17.5 Å². The van der Waals surface area contributed by atoms with E-state index in [1.54, 1.807) is 49.1 Å². The molecule has 0 atom stereocenters. The number of ether oxygens (including phenoxy) is 1. The molecule has 1 aliphatic heterocycles. The predicted molar refractivity (Wildman–Crippen MR) is 175 cm³/mol. The molecule has 260 valence electrons. The normalized spacial score (nSPS) is 13.5. The summed E-state index contributed by atoms with van der Waals surface area (Å²) in [4.78, 5) is 56.2. The van der Waals surface area contributed by atoms with Gasteiger partial charge in [0, 0.05) is 26.2 Å². The molecule has 2 aromatic carbocycles. The Morgan fingerprint density at radius 2 is 1.78 bits per heavy atom. The van der Waals surface area contributed by atoms with Gasteiger partial charge in [-0.25, -0.2) is 9.97 Å². The lowest BCUT2D eigenvalue weighted by atomic mass is 10.2. The highest BCUT2D eigenvalue weighted by Gasteiger charge is 2.32. The summed E-state index contributed by atoms with van der Waals surface area (Å²) in [6, 6.07) is 11.0. The van der Waals surface area contributed by atoms with Crippen LogP contribution in [0.1, 0.15) is 34.4 Å². The molecule has 6 rings (SSSR count). The summed E-state index contributed by atoms with van der Waals surface area (Å²) in [6.07, 6.45) is -3.17. The van der Waals surface area contributed by atoms with Gasteiger partial charge in [-0.1, -0.05) is 36.7 Å². The summed E-state index contributed by atoms with van der Waals surface area (Å²) in [6.45, 7) is 3.68. The second kappa shape index (κ2) is 13.7. The highest BCUT2D eigenvalue weighted by molar-refractivity contribution is 6.33. The molecule has 0 spiro atoms. The van der Waals surface area contributed by atoms with Gasteiger partial charge in [-0.3, -0.25) is 14.4 Å². The lowest BCUT2D eigenvalue weighted by Gasteiger charge is -2.36. The number of carbonyl (C=O) groups is 2. The van der Waals surface area contributed by atoms with Crippen molar-refractivity contribution in [2.75, 3.05) is 36.4 Å². The van der Waals surface area contributed by atoms with Gasteiger partial charge >= 0.3 is 12.2 Å². The molecule has 0 radical (unpaired) electrons. The Balaban J connectivity index is 1.34. The minimum atomic E-state index is -4.62. The monoisotopic (exact) mass is 711 g/mol. The molecule has 1 aliphatic rings. The van der Waals surface area contributed by atoms with Gasteiger partial charge in [0.1, 0.15) is 24.3 Å². The van der Waals surface area contributed by atoms with E-state index in [-0.39, 0.29) is 77.9 Å². The maximum Gasteiger partial charge on any atom is 0.416 e. The molecule has 5 aromatic rings. The van der Waals surface area contributed by atoms with Crippen LogP contribution >= 0.6 is 11.6 Å². The molecule has 2 N–H and O–H groups in total. The number of aromatic nitrogens is 6. The third-order valence-electron chi connectivity index (χ3n) is 8.06. The third-order valence-corrected chi connectivity index (χ3v) is 8.37. The van der Waals surface area contributed by atoms with Gasteiger partial charge in [-0.2, -0.15) is 22.7 Å². The van der Waals surface area contributed by atoms with Crippen molar-refractivity contribution in [2.24, 2.45) is 0 Å². The number of aryl methyl sites for hydroxylation is 1. The fourth-order valence-electron chi connectivity index (χ4n) is 5.58. The third kappa shape index (κ3) is 6.76. The second-order valence-electron chi connectivity index (χ2n) is 11.2. The van der Waals surface area contributed by atoms with Gasteiger partial charge in [0.05, 0.1) is 27.7 Å². The van der Waals surface area contributed by atoms with Crippen molar-refractivity contribution < 1.29 is 32.6 Å². The lowest BCUT2D eigenvalue weighted by molar-refractivity contribution is -0.137. The topological polar surface area (TPSA) is 160 Å². The molecule has 14 nitrogen and oxygen atoms in total. The smallest absolute Gasteiger partial charge is 0.416 e. The molecular formula is C32H29ClF3N9O5. The standard InChI is InChI=1S/C32H29ClF3N9O5/c1-3-23-26(42-11-13-43(14-12-42)28(48)25-27(47)18(2)37-17-38-25)29(49)45-31(40-30(41-45)50-20-7-5-4-6-8-20)44(23)16-24(46)39-22-10-9-19(15-21(22)33)32(34,35)36/h4-10,15,17,47H,3,11-14,16H2,1-2H3,(H,39,46). The molecule has 0 aliphatic carbocycles. The highest BCUT2D eigenvalue weighted by atomic mass is 35.5. The number of benzene rings is 2. The SMILES string of the molecule is CCc1c(N2CCN(C(=O)c3ncnc(C)c3O)CC2)c(=O)n2nc(Oc3ccccc3)nc2n1CC(=O)Nc1ccc(C(F)(F)F)cc1Cl. The van der Waals surface area contributed by atoms with Gasteiger partial charge in [-0.05, 0) is 43.7 Å². The Bertz CT molecular complexity index is 2150. The number of hydrogen-bond donors (Lipinski definition) is 2. The summed E-state index contributed by atoms with van der Waals surface area (Å²) in [7, 11) is 0. The number of nitrogens with one attached hydrogen (secondary N) is 1. The number of halogens is 4. The first kappa shape index (κ1) is 34.2. The minimum Gasteiger partial charge on any atom is -0.504 e. The van der Waals surface area contributed by atoms with Crippen molar-refractivity contribution in [1.82, 2.24) is 34.0 Å². The Labute approximate surface area is 286 Å². The first-order valence-corrected chi connectivity index (χ1v) is 15.7. The number of anilines is 2. The molecule has 0 bridgehead atoms. The molecule has 1 fully saturated rings. The van der Waals surface area contributed by atoms with Crippen LogP contribution in [0.15, 0.2) is 59.7 Å². The molecule has 0 unspecified atom stereocenters. The molecule has 50 heavy (non-hydrogen) atoms. The molecule has 2 amide bonds. The average Bonchev–Trinajstić information content (AvgIpc) is 3.52. The van der Waals surface area contributed by atoms with E-state index in [1.165, 1.54) is 15.8 Å². The van der Waals surface area contributed by atoms with Crippen molar-refractivity contribution in [1.29, 1.82) is 0 Å². The van der Waals surface area contributed by atoms with Gasteiger partial charge in [0.2, 0.25) is 11.7 Å². The zero-order chi connectivity index (χ0) is 35.7. The fraction of sp³-hybridized carbons (Fsp3) is 0.281. The summed E-state index contributed by atoms with van der Waals surface area (Å²) < 4.78 is 47.8. The molecule has 1 saturated heterocycles. The van der Waals surface area contributed by atoms with E-state index in [0.29, 0.717) is 17.5 Å². The van der Waals surface area contributed by atoms with Crippen molar-refractivity contribution in [3.05, 3.63) is 92.9 Å². The van der Waals surface area contributed by atoms with Crippen LogP contribution < -0.4 is 20.5 Å². The van der Waals surface area contributed by atoms with Crippen LogP contribution in [-0.4, -0.2) is 77.1 Å². The number of carbonyl (C=O) groups excluding carboxylic acids is 2. The van der Waals surface area contributed by atoms with E-state index in [9.17, 15) is 32.7 Å².